The molecule has 0 aromatic rings. The molecule has 8 nitrogen and oxygen atoms in total. The molecule has 1 heterocycles. The van der Waals surface area contributed by atoms with E-state index in [1.807, 2.05) is 0 Å². The molecule has 0 bridgehead atoms. The SMILES string of the molecule is C/C(=C\C(C)(C)C(C)(C)CC(C)(C)C(C)(C)C)CC1CC(=O)N(CCCOCC(COCCCN)OCCCN)C1=O. The monoisotopic (exact) mass is 595 g/mol. The van der Waals surface area contributed by atoms with Crippen molar-refractivity contribution in [3.8, 4) is 0 Å². The number of allylic oxidation sites excluding steroid dienone is 2. The molecule has 246 valence electrons. The molecule has 8 heteroatoms. The maximum absolute atomic E-state index is 13.2. The summed E-state index contributed by atoms with van der Waals surface area (Å²) in [5.41, 5.74) is 12.6. The van der Waals surface area contributed by atoms with Crippen LogP contribution >= 0.6 is 0 Å². The van der Waals surface area contributed by atoms with Crippen LogP contribution < -0.4 is 11.5 Å². The molecule has 0 spiro atoms. The number of ether oxygens (including phenoxy) is 3. The first-order chi connectivity index (χ1) is 19.4. The molecular formula is C34H65N3O5. The standard InChI is InChI=1S/C34H65N3O5/c1-26(22-32(5,6)34(9,10)25-33(7,8)31(2,3)4)20-27-21-29(38)37(30(27)39)16-13-18-41-24-28(42-19-12-15-36)23-40-17-11-14-35/h22,27-28H,11-21,23-25,35-36H2,1-10H3/b26-22+. The van der Waals surface area contributed by atoms with Gasteiger partial charge >= 0.3 is 0 Å². The van der Waals surface area contributed by atoms with Gasteiger partial charge in [0.1, 0.15) is 6.10 Å². The normalized spacial score (nSPS) is 18.3. The summed E-state index contributed by atoms with van der Waals surface area (Å²) in [6.45, 7) is 27.0. The lowest BCUT2D eigenvalue weighted by molar-refractivity contribution is -0.139. The largest absolute Gasteiger partial charge is 0.379 e. The Morgan fingerprint density at radius 1 is 0.881 bits per heavy atom. The molecular weight excluding hydrogens is 530 g/mol. The van der Waals surface area contributed by atoms with Gasteiger partial charge in [0.15, 0.2) is 0 Å². The highest BCUT2D eigenvalue weighted by Gasteiger charge is 2.44. The van der Waals surface area contributed by atoms with Crippen LogP contribution in [0, 0.1) is 27.6 Å². The first-order valence-electron chi connectivity index (χ1n) is 16.1. The van der Waals surface area contributed by atoms with Gasteiger partial charge in [-0.3, -0.25) is 14.5 Å². The number of nitrogens with two attached hydrogens (primary N) is 2. The van der Waals surface area contributed by atoms with Crippen LogP contribution in [0.15, 0.2) is 11.6 Å². The van der Waals surface area contributed by atoms with E-state index in [9.17, 15) is 9.59 Å². The Morgan fingerprint density at radius 3 is 1.98 bits per heavy atom. The van der Waals surface area contributed by atoms with Gasteiger partial charge in [0.2, 0.25) is 11.8 Å². The highest BCUT2D eigenvalue weighted by Crippen LogP contribution is 2.53. The van der Waals surface area contributed by atoms with Crippen LogP contribution in [0.4, 0.5) is 0 Å². The summed E-state index contributed by atoms with van der Waals surface area (Å²) in [6, 6.07) is 0. The topological polar surface area (TPSA) is 117 Å². The van der Waals surface area contributed by atoms with Crippen molar-refractivity contribution in [2.75, 3.05) is 52.7 Å². The van der Waals surface area contributed by atoms with Gasteiger partial charge in [0.25, 0.3) is 0 Å². The number of hydrogen-bond donors (Lipinski definition) is 2. The summed E-state index contributed by atoms with van der Waals surface area (Å²) in [5.74, 6) is -0.429. The van der Waals surface area contributed by atoms with Crippen LogP contribution in [0.1, 0.15) is 108 Å². The Kier molecular flexibility index (Phi) is 15.9. The minimum Gasteiger partial charge on any atom is -0.379 e. The Balaban J connectivity index is 2.63. The second kappa shape index (κ2) is 17.2. The molecule has 4 N–H and O–H groups in total. The fourth-order valence-electron chi connectivity index (χ4n) is 5.42. The average Bonchev–Trinajstić information content (AvgIpc) is 3.11. The third-order valence-corrected chi connectivity index (χ3v) is 9.64. The Morgan fingerprint density at radius 2 is 1.43 bits per heavy atom. The minimum absolute atomic E-state index is 0.0532. The Bertz CT molecular complexity index is 860. The van der Waals surface area contributed by atoms with Crippen molar-refractivity contribution in [1.29, 1.82) is 0 Å². The third kappa shape index (κ3) is 12.4. The van der Waals surface area contributed by atoms with Crippen molar-refractivity contribution in [2.45, 2.75) is 114 Å². The third-order valence-electron chi connectivity index (χ3n) is 9.64. The zero-order chi connectivity index (χ0) is 32.2. The van der Waals surface area contributed by atoms with Gasteiger partial charge in [-0.15, -0.1) is 0 Å². The first-order valence-corrected chi connectivity index (χ1v) is 16.1. The molecule has 42 heavy (non-hydrogen) atoms. The molecule has 1 rings (SSSR count). The maximum atomic E-state index is 13.2. The number of carbonyl (C=O) groups excluding carboxylic acids is 2. The van der Waals surface area contributed by atoms with Gasteiger partial charge in [0, 0.05) is 32.8 Å². The smallest absolute Gasteiger partial charge is 0.233 e. The quantitative estimate of drug-likeness (QED) is 0.0990. The van der Waals surface area contributed by atoms with E-state index in [2.05, 4.69) is 75.3 Å². The van der Waals surface area contributed by atoms with Crippen molar-refractivity contribution in [3.05, 3.63) is 11.6 Å². The number of likely N-dealkylation sites (tertiary alicyclic amines) is 1. The van der Waals surface area contributed by atoms with Crippen LogP contribution in [-0.2, 0) is 23.8 Å². The van der Waals surface area contributed by atoms with Crippen LogP contribution in [0.3, 0.4) is 0 Å². The summed E-state index contributed by atoms with van der Waals surface area (Å²) in [5, 5.41) is 0. The van der Waals surface area contributed by atoms with Crippen molar-refractivity contribution in [1.82, 2.24) is 4.90 Å². The molecule has 0 aromatic carbocycles. The van der Waals surface area contributed by atoms with Gasteiger partial charge in [-0.25, -0.2) is 0 Å². The molecule has 2 atom stereocenters. The van der Waals surface area contributed by atoms with Gasteiger partial charge in [0.05, 0.1) is 19.1 Å². The second-order valence-corrected chi connectivity index (χ2v) is 15.2. The molecule has 1 aliphatic rings. The van der Waals surface area contributed by atoms with Gasteiger partial charge < -0.3 is 25.7 Å². The van der Waals surface area contributed by atoms with Crippen LogP contribution in [0.5, 0.6) is 0 Å². The molecule has 0 aliphatic carbocycles. The zero-order valence-electron chi connectivity index (χ0n) is 28.8. The number of imide groups is 1. The van der Waals surface area contributed by atoms with Crippen LogP contribution in [-0.4, -0.2) is 75.5 Å². The Hall–Kier alpha value is -1.32. The van der Waals surface area contributed by atoms with Crippen molar-refractivity contribution < 1.29 is 23.8 Å². The number of hydrogen-bond acceptors (Lipinski definition) is 7. The van der Waals surface area contributed by atoms with E-state index >= 15 is 0 Å². The fraction of sp³-hybridized carbons (Fsp3) is 0.882. The molecule has 1 fully saturated rings. The van der Waals surface area contributed by atoms with Gasteiger partial charge in [-0.05, 0) is 73.8 Å². The van der Waals surface area contributed by atoms with E-state index in [1.54, 1.807) is 0 Å². The lowest BCUT2D eigenvalue weighted by Crippen LogP contribution is -2.40. The van der Waals surface area contributed by atoms with E-state index in [0.29, 0.717) is 65.5 Å². The van der Waals surface area contributed by atoms with Crippen molar-refractivity contribution in [3.63, 3.8) is 0 Å². The minimum atomic E-state index is -0.286. The second-order valence-electron chi connectivity index (χ2n) is 15.2. The van der Waals surface area contributed by atoms with Crippen LogP contribution in [0.2, 0.25) is 0 Å². The highest BCUT2D eigenvalue weighted by molar-refractivity contribution is 6.03. The zero-order valence-corrected chi connectivity index (χ0v) is 28.8. The fourth-order valence-corrected chi connectivity index (χ4v) is 5.42. The summed E-state index contributed by atoms with van der Waals surface area (Å²) in [4.78, 5) is 27.4. The summed E-state index contributed by atoms with van der Waals surface area (Å²) >= 11 is 0. The van der Waals surface area contributed by atoms with Crippen LogP contribution in [0.25, 0.3) is 0 Å². The van der Waals surface area contributed by atoms with Gasteiger partial charge in [-0.1, -0.05) is 74.0 Å². The predicted molar refractivity (Wildman–Crippen MR) is 172 cm³/mol. The molecule has 0 aromatic heterocycles. The Labute approximate surface area is 257 Å². The molecule has 2 amide bonds. The average molecular weight is 596 g/mol. The summed E-state index contributed by atoms with van der Waals surface area (Å²) in [6.07, 6.45) is 6.30. The number of rotatable bonds is 21. The van der Waals surface area contributed by atoms with E-state index in [-0.39, 0.29) is 51.9 Å². The van der Waals surface area contributed by atoms with E-state index in [4.69, 9.17) is 25.7 Å². The lowest BCUT2D eigenvalue weighted by atomic mass is 9.55. The molecule has 1 aliphatic heterocycles. The molecule has 1 saturated heterocycles. The molecule has 0 saturated carbocycles. The summed E-state index contributed by atoms with van der Waals surface area (Å²) < 4.78 is 17.3. The number of amides is 2. The molecule has 2 unspecified atom stereocenters. The predicted octanol–water partition coefficient (Wildman–Crippen LogP) is 5.72. The molecule has 0 radical (unpaired) electrons. The lowest BCUT2D eigenvalue weighted by Gasteiger charge is -2.49. The number of nitrogens with zero attached hydrogens (tertiary/aromatic N) is 1. The van der Waals surface area contributed by atoms with E-state index < -0.39 is 0 Å². The number of carbonyl (C=O) groups is 2. The van der Waals surface area contributed by atoms with E-state index in [1.165, 1.54) is 10.5 Å². The summed E-state index contributed by atoms with van der Waals surface area (Å²) in [7, 11) is 0. The maximum Gasteiger partial charge on any atom is 0.233 e. The van der Waals surface area contributed by atoms with Gasteiger partial charge in [-0.2, -0.15) is 0 Å². The highest BCUT2D eigenvalue weighted by atomic mass is 16.6. The van der Waals surface area contributed by atoms with Crippen molar-refractivity contribution in [2.24, 2.45) is 39.0 Å². The van der Waals surface area contributed by atoms with Crippen molar-refractivity contribution >= 4 is 11.8 Å². The first kappa shape index (κ1) is 38.7. The van der Waals surface area contributed by atoms with E-state index in [0.717, 1.165) is 19.3 Å².